The van der Waals surface area contributed by atoms with Crippen LogP contribution < -0.4 is 5.32 Å². The fourth-order valence-electron chi connectivity index (χ4n) is 2.36. The molecule has 0 aromatic rings. The van der Waals surface area contributed by atoms with Crippen LogP contribution in [0.15, 0.2) is 4.99 Å². The molecule has 1 aliphatic heterocycles. The summed E-state index contributed by atoms with van der Waals surface area (Å²) < 4.78 is -0.363. The maximum Gasteiger partial charge on any atom is 0.264 e. The maximum absolute atomic E-state index is 11.9. The second kappa shape index (κ2) is 5.01. The summed E-state index contributed by atoms with van der Waals surface area (Å²) in [5.41, 5.74) is 0. The molecule has 0 aromatic heterocycles. The van der Waals surface area contributed by atoms with Crippen LogP contribution in [-0.4, -0.2) is 22.4 Å². The fourth-order valence-corrected chi connectivity index (χ4v) is 3.41. The molecule has 1 amide bonds. The predicted octanol–water partition coefficient (Wildman–Crippen LogP) is 2.81. The second-order valence-corrected chi connectivity index (χ2v) is 7.06. The standard InChI is InChI=1S/C13H22N2OS/c1-9(2)13(3)11(16)15-12(17-13)14-8-10-6-4-5-7-10/h9-10H,4-8H2,1-3H3,(H,14,15,16). The van der Waals surface area contributed by atoms with Gasteiger partial charge >= 0.3 is 0 Å². The van der Waals surface area contributed by atoms with E-state index in [1.165, 1.54) is 25.7 Å². The molecule has 0 bridgehead atoms. The number of nitrogens with zero attached hydrogens (tertiary/aromatic N) is 1. The van der Waals surface area contributed by atoms with Crippen LogP contribution in [-0.2, 0) is 4.79 Å². The van der Waals surface area contributed by atoms with E-state index in [0.29, 0.717) is 5.92 Å². The largest absolute Gasteiger partial charge is 0.364 e. The highest BCUT2D eigenvalue weighted by Gasteiger charge is 2.43. The third-order valence-corrected chi connectivity index (χ3v) is 5.55. The smallest absolute Gasteiger partial charge is 0.264 e. The first-order valence-corrected chi connectivity index (χ1v) is 7.40. The highest BCUT2D eigenvalue weighted by atomic mass is 32.2. The van der Waals surface area contributed by atoms with Crippen molar-refractivity contribution in [1.29, 1.82) is 0 Å². The van der Waals surface area contributed by atoms with Crippen LogP contribution in [0.1, 0.15) is 46.5 Å². The summed E-state index contributed by atoms with van der Waals surface area (Å²) in [6.07, 6.45) is 5.35. The van der Waals surface area contributed by atoms with E-state index in [1.807, 2.05) is 6.92 Å². The molecule has 4 heteroatoms. The normalized spacial score (nSPS) is 30.1. The minimum Gasteiger partial charge on any atom is -0.364 e. The third kappa shape index (κ3) is 2.67. The van der Waals surface area contributed by atoms with E-state index in [1.54, 1.807) is 11.8 Å². The van der Waals surface area contributed by atoms with Crippen molar-refractivity contribution in [2.45, 2.75) is 51.2 Å². The molecule has 2 aliphatic rings. The van der Waals surface area contributed by atoms with Crippen molar-refractivity contribution in [3.63, 3.8) is 0 Å². The minimum atomic E-state index is -0.363. The molecule has 2 rings (SSSR count). The Kier molecular flexibility index (Phi) is 3.81. The lowest BCUT2D eigenvalue weighted by molar-refractivity contribution is -0.120. The first kappa shape index (κ1) is 12.9. The Morgan fingerprint density at radius 2 is 2.12 bits per heavy atom. The van der Waals surface area contributed by atoms with Crippen LogP contribution >= 0.6 is 11.8 Å². The van der Waals surface area contributed by atoms with Gasteiger partial charge in [-0.2, -0.15) is 4.99 Å². The van der Waals surface area contributed by atoms with E-state index in [-0.39, 0.29) is 10.7 Å². The molecule has 0 aromatic carbocycles. The highest BCUT2D eigenvalue weighted by Crippen LogP contribution is 2.39. The van der Waals surface area contributed by atoms with Crippen molar-refractivity contribution in [2.24, 2.45) is 16.8 Å². The molecule has 0 spiro atoms. The van der Waals surface area contributed by atoms with Crippen molar-refractivity contribution in [3.8, 4) is 0 Å². The monoisotopic (exact) mass is 254 g/mol. The van der Waals surface area contributed by atoms with Gasteiger partial charge in [0.25, 0.3) is 5.91 Å². The van der Waals surface area contributed by atoms with Gasteiger partial charge in [-0.1, -0.05) is 38.5 Å². The van der Waals surface area contributed by atoms with Crippen LogP contribution in [0.3, 0.4) is 0 Å². The zero-order chi connectivity index (χ0) is 12.5. The summed E-state index contributed by atoms with van der Waals surface area (Å²) in [5.74, 6) is 1.11. The van der Waals surface area contributed by atoms with Gasteiger partial charge in [-0.05, 0) is 31.6 Å². The molecule has 1 fully saturated rings. The van der Waals surface area contributed by atoms with Gasteiger partial charge < -0.3 is 5.32 Å². The van der Waals surface area contributed by atoms with E-state index in [2.05, 4.69) is 24.2 Å². The number of thioether (sulfide) groups is 1. The van der Waals surface area contributed by atoms with Crippen LogP contribution in [0.2, 0.25) is 0 Å². The number of nitrogens with one attached hydrogen (secondary N) is 1. The molecule has 1 unspecified atom stereocenters. The number of aliphatic imine (C=N–C) groups is 1. The second-order valence-electron chi connectivity index (χ2n) is 5.62. The molecular weight excluding hydrogens is 232 g/mol. The minimum absolute atomic E-state index is 0.0198. The van der Waals surface area contributed by atoms with E-state index in [0.717, 1.165) is 17.6 Å². The van der Waals surface area contributed by atoms with E-state index in [4.69, 9.17) is 0 Å². The zero-order valence-corrected chi connectivity index (χ0v) is 11.8. The van der Waals surface area contributed by atoms with E-state index >= 15 is 0 Å². The molecule has 1 heterocycles. The van der Waals surface area contributed by atoms with Crippen LogP contribution in [0.5, 0.6) is 0 Å². The van der Waals surface area contributed by atoms with Gasteiger partial charge in [-0.15, -0.1) is 0 Å². The third-order valence-electron chi connectivity index (χ3n) is 4.05. The first-order valence-electron chi connectivity index (χ1n) is 6.58. The van der Waals surface area contributed by atoms with Gasteiger partial charge in [-0.25, -0.2) is 0 Å². The Bertz CT molecular complexity index is 334. The molecular formula is C13H22N2OS. The first-order chi connectivity index (χ1) is 8.02. The summed E-state index contributed by atoms with van der Waals surface area (Å²) in [5, 5.41) is 4.19. The van der Waals surface area contributed by atoms with Crippen LogP contribution in [0, 0.1) is 11.8 Å². The van der Waals surface area contributed by atoms with Gasteiger partial charge in [0, 0.05) is 6.54 Å². The molecule has 1 aliphatic carbocycles. The number of carbonyl (C=O) groups is 1. The summed E-state index contributed by atoms with van der Waals surface area (Å²) in [7, 11) is 0. The van der Waals surface area contributed by atoms with Crippen LogP contribution in [0.25, 0.3) is 0 Å². The van der Waals surface area contributed by atoms with Crippen molar-refractivity contribution in [3.05, 3.63) is 0 Å². The zero-order valence-electron chi connectivity index (χ0n) is 11.0. The Morgan fingerprint density at radius 3 is 2.65 bits per heavy atom. The van der Waals surface area contributed by atoms with Gasteiger partial charge in [0.2, 0.25) is 0 Å². The maximum atomic E-state index is 11.9. The lowest BCUT2D eigenvalue weighted by Crippen LogP contribution is -2.34. The number of rotatable bonds is 3. The quantitative estimate of drug-likeness (QED) is 0.842. The summed E-state index contributed by atoms with van der Waals surface area (Å²) >= 11 is 1.60. The SMILES string of the molecule is CC(C)C1(C)SC(NCC2CCCC2)=NC1=O. The summed E-state index contributed by atoms with van der Waals surface area (Å²) in [4.78, 5) is 16.0. The molecule has 1 N–H and O–H groups in total. The number of hydrogen-bond donors (Lipinski definition) is 1. The number of carbonyl (C=O) groups excluding carboxylic acids is 1. The number of amidine groups is 1. The topological polar surface area (TPSA) is 41.5 Å². The predicted molar refractivity (Wildman–Crippen MR) is 73.2 cm³/mol. The molecule has 1 atom stereocenters. The van der Waals surface area contributed by atoms with E-state index in [9.17, 15) is 4.79 Å². The Labute approximate surface area is 108 Å². The Balaban J connectivity index is 1.87. The fraction of sp³-hybridized carbons (Fsp3) is 0.846. The molecule has 0 radical (unpaired) electrons. The van der Waals surface area contributed by atoms with Crippen molar-refractivity contribution in [1.82, 2.24) is 5.32 Å². The highest BCUT2D eigenvalue weighted by molar-refractivity contribution is 8.16. The number of amides is 1. The molecule has 1 saturated carbocycles. The average Bonchev–Trinajstić information content (AvgIpc) is 2.86. The van der Waals surface area contributed by atoms with Gasteiger partial charge in [-0.3, -0.25) is 4.79 Å². The Hall–Kier alpha value is -0.510. The van der Waals surface area contributed by atoms with Crippen molar-refractivity contribution >= 4 is 22.8 Å². The Morgan fingerprint density at radius 1 is 1.47 bits per heavy atom. The lowest BCUT2D eigenvalue weighted by Gasteiger charge is -2.24. The van der Waals surface area contributed by atoms with Crippen LogP contribution in [0.4, 0.5) is 0 Å². The molecule has 0 saturated heterocycles. The van der Waals surface area contributed by atoms with Gasteiger partial charge in [0.05, 0.1) is 0 Å². The van der Waals surface area contributed by atoms with Crippen molar-refractivity contribution < 1.29 is 4.79 Å². The molecule has 3 nitrogen and oxygen atoms in total. The van der Waals surface area contributed by atoms with E-state index < -0.39 is 0 Å². The molecule has 17 heavy (non-hydrogen) atoms. The lowest BCUT2D eigenvalue weighted by atomic mass is 9.96. The summed E-state index contributed by atoms with van der Waals surface area (Å²) in [6, 6.07) is 0. The number of hydrogen-bond acceptors (Lipinski definition) is 3. The van der Waals surface area contributed by atoms with Crippen molar-refractivity contribution in [2.75, 3.05) is 6.54 Å². The summed E-state index contributed by atoms with van der Waals surface area (Å²) in [6.45, 7) is 7.15. The van der Waals surface area contributed by atoms with Gasteiger partial charge in [0.1, 0.15) is 4.75 Å². The average molecular weight is 254 g/mol. The molecule has 96 valence electrons. The van der Waals surface area contributed by atoms with Gasteiger partial charge in [0.15, 0.2) is 5.17 Å².